The maximum absolute atomic E-state index is 14.0. The van der Waals surface area contributed by atoms with E-state index in [1.54, 1.807) is 18.2 Å². The Hall–Kier alpha value is -2.70. The summed E-state index contributed by atoms with van der Waals surface area (Å²) < 4.78 is 18.8. The molecule has 0 radical (unpaired) electrons. The molecule has 2 aromatic carbocycles. The Morgan fingerprint density at radius 3 is 2.48 bits per heavy atom. The van der Waals surface area contributed by atoms with Gasteiger partial charge in [0, 0.05) is 18.7 Å². The molecule has 0 saturated carbocycles. The molecule has 8 heteroatoms. The summed E-state index contributed by atoms with van der Waals surface area (Å²) in [5.41, 5.74) is 0.593. The Bertz CT molecular complexity index is 928. The van der Waals surface area contributed by atoms with Crippen molar-refractivity contribution < 1.29 is 23.5 Å². The zero-order chi connectivity index (χ0) is 20.0. The molecule has 140 valence electrons. The lowest BCUT2D eigenvalue weighted by Gasteiger charge is -2.06. The van der Waals surface area contributed by atoms with E-state index in [4.69, 9.17) is 27.9 Å². The van der Waals surface area contributed by atoms with Gasteiger partial charge in [-0.15, -0.1) is 0 Å². The van der Waals surface area contributed by atoms with Crippen LogP contribution in [0.3, 0.4) is 0 Å². The number of carbonyl (C=O) groups is 3. The third kappa shape index (κ3) is 6.20. The number of halogens is 3. The van der Waals surface area contributed by atoms with Gasteiger partial charge in [-0.05, 0) is 42.0 Å². The first kappa shape index (κ1) is 20.6. The summed E-state index contributed by atoms with van der Waals surface area (Å²) in [5.74, 6) is -2.67. The Balaban J connectivity index is 1.94. The van der Waals surface area contributed by atoms with E-state index in [1.165, 1.54) is 25.1 Å². The number of anilines is 1. The molecule has 5 nitrogen and oxygen atoms in total. The van der Waals surface area contributed by atoms with Crippen molar-refractivity contribution >= 4 is 52.6 Å². The van der Waals surface area contributed by atoms with Crippen LogP contribution in [-0.2, 0) is 14.3 Å². The highest BCUT2D eigenvalue weighted by molar-refractivity contribution is 6.42. The van der Waals surface area contributed by atoms with Crippen molar-refractivity contribution in [3.8, 4) is 0 Å². The molecule has 0 aliphatic carbocycles. The monoisotopic (exact) mass is 409 g/mol. The number of Topliss-reactive ketones (excluding diaryl/α,β-unsaturated/α-hetero) is 1. The lowest BCUT2D eigenvalue weighted by atomic mass is 10.1. The van der Waals surface area contributed by atoms with Crippen LogP contribution in [-0.4, -0.2) is 24.3 Å². The van der Waals surface area contributed by atoms with E-state index in [9.17, 15) is 18.8 Å². The first-order chi connectivity index (χ1) is 12.8. The molecule has 0 aromatic heterocycles. The summed E-state index contributed by atoms with van der Waals surface area (Å²) in [4.78, 5) is 34.6. The summed E-state index contributed by atoms with van der Waals surface area (Å²) in [7, 11) is 0. The summed E-state index contributed by atoms with van der Waals surface area (Å²) >= 11 is 11.7. The van der Waals surface area contributed by atoms with Crippen LogP contribution in [0, 0.1) is 5.82 Å². The number of ether oxygens (including phenoxy) is 1. The summed E-state index contributed by atoms with van der Waals surface area (Å²) in [6.07, 6.45) is 2.56. The molecule has 0 spiro atoms. The lowest BCUT2D eigenvalue weighted by Crippen LogP contribution is -2.14. The number of carbonyl (C=O) groups excluding carboxylic acids is 3. The van der Waals surface area contributed by atoms with Gasteiger partial charge in [-0.1, -0.05) is 29.3 Å². The molecular weight excluding hydrogens is 396 g/mol. The fourth-order valence-electron chi connectivity index (χ4n) is 2.07. The highest BCUT2D eigenvalue weighted by Crippen LogP contribution is 2.23. The minimum absolute atomic E-state index is 0.220. The fraction of sp³-hybridized carbons (Fsp3) is 0.105. The van der Waals surface area contributed by atoms with Gasteiger partial charge in [0.1, 0.15) is 5.82 Å². The third-order valence-electron chi connectivity index (χ3n) is 3.29. The molecule has 0 heterocycles. The van der Waals surface area contributed by atoms with Crippen LogP contribution in [0.4, 0.5) is 10.1 Å². The first-order valence-corrected chi connectivity index (χ1v) is 8.42. The van der Waals surface area contributed by atoms with E-state index in [0.717, 1.165) is 12.1 Å². The molecule has 0 saturated heterocycles. The fourth-order valence-corrected chi connectivity index (χ4v) is 2.37. The van der Waals surface area contributed by atoms with Crippen LogP contribution >= 0.6 is 23.2 Å². The van der Waals surface area contributed by atoms with E-state index in [0.29, 0.717) is 15.6 Å². The summed E-state index contributed by atoms with van der Waals surface area (Å²) in [6, 6.07) is 8.39. The van der Waals surface area contributed by atoms with Gasteiger partial charge in [0.2, 0.25) is 11.7 Å². The molecule has 0 aliphatic rings. The molecule has 0 atom stereocenters. The van der Waals surface area contributed by atoms with Gasteiger partial charge in [0.25, 0.3) is 0 Å². The summed E-state index contributed by atoms with van der Waals surface area (Å²) in [6.45, 7) is 0.656. The smallest absolute Gasteiger partial charge is 0.331 e. The van der Waals surface area contributed by atoms with Crippen molar-refractivity contribution in [3.63, 3.8) is 0 Å². The van der Waals surface area contributed by atoms with Gasteiger partial charge in [-0.25, -0.2) is 9.18 Å². The van der Waals surface area contributed by atoms with Crippen molar-refractivity contribution in [3.05, 3.63) is 69.5 Å². The van der Waals surface area contributed by atoms with Crippen LogP contribution in [0.5, 0.6) is 0 Å². The second-order valence-corrected chi connectivity index (χ2v) is 6.23. The molecule has 1 amide bonds. The SMILES string of the molecule is CC(=O)Nc1ccc(C(=O)COC(=O)/C=C/c2ccc(Cl)c(Cl)c2)c(F)c1. The Morgan fingerprint density at radius 2 is 1.85 bits per heavy atom. The van der Waals surface area contributed by atoms with Crippen LogP contribution in [0.15, 0.2) is 42.5 Å². The topological polar surface area (TPSA) is 72.5 Å². The van der Waals surface area contributed by atoms with Crippen molar-refractivity contribution in [1.29, 1.82) is 0 Å². The predicted molar refractivity (Wildman–Crippen MR) is 101 cm³/mol. The van der Waals surface area contributed by atoms with E-state index < -0.39 is 24.2 Å². The number of benzene rings is 2. The maximum atomic E-state index is 14.0. The lowest BCUT2D eigenvalue weighted by molar-refractivity contribution is -0.136. The third-order valence-corrected chi connectivity index (χ3v) is 4.03. The average molecular weight is 410 g/mol. The van der Waals surface area contributed by atoms with Crippen LogP contribution < -0.4 is 5.32 Å². The molecule has 27 heavy (non-hydrogen) atoms. The highest BCUT2D eigenvalue weighted by Gasteiger charge is 2.14. The van der Waals surface area contributed by atoms with Crippen molar-refractivity contribution in [1.82, 2.24) is 0 Å². The van der Waals surface area contributed by atoms with Gasteiger partial charge in [0.15, 0.2) is 6.61 Å². The number of nitrogens with one attached hydrogen (secondary N) is 1. The van der Waals surface area contributed by atoms with Gasteiger partial charge in [0.05, 0.1) is 15.6 Å². The van der Waals surface area contributed by atoms with Crippen LogP contribution in [0.2, 0.25) is 10.0 Å². The zero-order valence-electron chi connectivity index (χ0n) is 14.1. The van der Waals surface area contributed by atoms with Crippen LogP contribution in [0.1, 0.15) is 22.8 Å². The van der Waals surface area contributed by atoms with Crippen LogP contribution in [0.25, 0.3) is 6.08 Å². The largest absolute Gasteiger partial charge is 0.454 e. The minimum atomic E-state index is -0.825. The van der Waals surface area contributed by atoms with Crippen molar-refractivity contribution in [2.75, 3.05) is 11.9 Å². The molecule has 2 aromatic rings. The number of rotatable bonds is 6. The second-order valence-electron chi connectivity index (χ2n) is 5.41. The number of hydrogen-bond acceptors (Lipinski definition) is 4. The van der Waals surface area contributed by atoms with Gasteiger partial charge in [-0.3, -0.25) is 9.59 Å². The van der Waals surface area contributed by atoms with E-state index in [2.05, 4.69) is 5.32 Å². The first-order valence-electron chi connectivity index (χ1n) is 7.66. The van der Waals surface area contributed by atoms with Crippen molar-refractivity contribution in [2.24, 2.45) is 0 Å². The highest BCUT2D eigenvalue weighted by atomic mass is 35.5. The number of amides is 1. The average Bonchev–Trinajstić information content (AvgIpc) is 2.60. The Labute approximate surface area is 164 Å². The number of hydrogen-bond donors (Lipinski definition) is 1. The molecule has 0 fully saturated rings. The molecule has 2 rings (SSSR count). The number of ketones is 1. The van der Waals surface area contributed by atoms with E-state index in [-0.39, 0.29) is 17.2 Å². The molecule has 0 bridgehead atoms. The number of esters is 1. The van der Waals surface area contributed by atoms with E-state index >= 15 is 0 Å². The second kappa shape index (κ2) is 9.30. The van der Waals surface area contributed by atoms with Gasteiger partial charge >= 0.3 is 5.97 Å². The quantitative estimate of drug-likeness (QED) is 0.432. The maximum Gasteiger partial charge on any atom is 0.331 e. The Kier molecular flexibility index (Phi) is 7.10. The van der Waals surface area contributed by atoms with Gasteiger partial charge in [-0.2, -0.15) is 0 Å². The molecule has 0 unspecified atom stereocenters. The zero-order valence-corrected chi connectivity index (χ0v) is 15.6. The minimum Gasteiger partial charge on any atom is -0.454 e. The molecule has 1 N–H and O–H groups in total. The normalized spacial score (nSPS) is 10.7. The van der Waals surface area contributed by atoms with E-state index in [1.807, 2.05) is 0 Å². The summed E-state index contributed by atoms with van der Waals surface area (Å²) in [5, 5.41) is 3.12. The van der Waals surface area contributed by atoms with Gasteiger partial charge < -0.3 is 10.1 Å². The molecule has 0 aliphatic heterocycles. The van der Waals surface area contributed by atoms with Crippen molar-refractivity contribution in [2.45, 2.75) is 6.92 Å². The predicted octanol–water partition coefficient (Wildman–Crippen LogP) is 4.53. The molecular formula is C19H14Cl2FNO4. The standard InChI is InChI=1S/C19H14Cl2FNO4/c1-11(24)23-13-4-5-14(17(22)9-13)18(25)10-27-19(26)7-3-12-2-6-15(20)16(21)8-12/h2-9H,10H2,1H3,(H,23,24)/b7-3+. The Morgan fingerprint density at radius 1 is 1.11 bits per heavy atom.